The van der Waals surface area contributed by atoms with Crippen LogP contribution < -0.4 is 0 Å². The number of hydrogen-bond donors (Lipinski definition) is 0. The molecule has 0 aromatic rings. The Morgan fingerprint density at radius 3 is 1.00 bits per heavy atom. The van der Waals surface area contributed by atoms with Crippen LogP contribution in [0.4, 0.5) is 0 Å². The topological polar surface area (TPSA) is 78.9 Å². The minimum absolute atomic E-state index is 0.0873. The van der Waals surface area contributed by atoms with Gasteiger partial charge < -0.3 is 14.2 Å². The first kappa shape index (κ1) is 54.6. The molecule has 0 rings (SSSR count). The first-order valence-electron chi connectivity index (χ1n) is 24.5. The molecule has 0 saturated heterocycles. The highest BCUT2D eigenvalue weighted by Gasteiger charge is 2.19. The summed E-state index contributed by atoms with van der Waals surface area (Å²) in [6.07, 6.45) is 52.8. The van der Waals surface area contributed by atoms with Crippen LogP contribution in [0.2, 0.25) is 0 Å². The van der Waals surface area contributed by atoms with E-state index in [1.165, 1.54) is 135 Å². The molecule has 57 heavy (non-hydrogen) atoms. The summed E-state index contributed by atoms with van der Waals surface area (Å²) in [5.41, 5.74) is 0. The van der Waals surface area contributed by atoms with Gasteiger partial charge in [-0.25, -0.2) is 0 Å². The van der Waals surface area contributed by atoms with E-state index in [2.05, 4.69) is 57.2 Å². The molecule has 0 fully saturated rings. The van der Waals surface area contributed by atoms with Crippen molar-refractivity contribution in [1.29, 1.82) is 0 Å². The van der Waals surface area contributed by atoms with Crippen molar-refractivity contribution in [1.82, 2.24) is 0 Å². The third kappa shape index (κ3) is 44.6. The maximum Gasteiger partial charge on any atom is 0.306 e. The Morgan fingerprint density at radius 2 is 0.596 bits per heavy atom. The number of esters is 3. The van der Waals surface area contributed by atoms with Crippen LogP contribution in [0, 0.1) is 0 Å². The van der Waals surface area contributed by atoms with Crippen LogP contribution in [0.15, 0.2) is 36.5 Å². The normalized spacial score (nSPS) is 12.3. The Hall–Kier alpha value is -2.37. The van der Waals surface area contributed by atoms with Crippen molar-refractivity contribution in [3.8, 4) is 0 Å². The molecule has 0 aromatic carbocycles. The van der Waals surface area contributed by atoms with Gasteiger partial charge in [-0.05, 0) is 89.9 Å². The predicted molar refractivity (Wildman–Crippen MR) is 242 cm³/mol. The maximum absolute atomic E-state index is 12.7. The lowest BCUT2D eigenvalue weighted by Crippen LogP contribution is -2.30. The van der Waals surface area contributed by atoms with Crippen LogP contribution in [0.5, 0.6) is 0 Å². The van der Waals surface area contributed by atoms with Crippen molar-refractivity contribution in [2.24, 2.45) is 0 Å². The predicted octanol–water partition coefficient (Wildman–Crippen LogP) is 15.8. The van der Waals surface area contributed by atoms with Crippen LogP contribution in [0.3, 0.4) is 0 Å². The summed E-state index contributed by atoms with van der Waals surface area (Å²) in [6, 6.07) is 0. The molecule has 1 unspecified atom stereocenters. The van der Waals surface area contributed by atoms with Crippen molar-refractivity contribution >= 4 is 17.9 Å². The van der Waals surface area contributed by atoms with Crippen molar-refractivity contribution in [2.75, 3.05) is 13.2 Å². The molecule has 0 spiro atoms. The lowest BCUT2D eigenvalue weighted by atomic mass is 10.1. The fourth-order valence-electron chi connectivity index (χ4n) is 6.85. The van der Waals surface area contributed by atoms with E-state index in [-0.39, 0.29) is 31.1 Å². The van der Waals surface area contributed by atoms with Gasteiger partial charge >= 0.3 is 17.9 Å². The zero-order valence-corrected chi connectivity index (χ0v) is 37.9. The van der Waals surface area contributed by atoms with Crippen molar-refractivity contribution in [2.45, 2.75) is 258 Å². The van der Waals surface area contributed by atoms with E-state index in [0.717, 1.165) is 77.0 Å². The summed E-state index contributed by atoms with van der Waals surface area (Å²) >= 11 is 0. The Morgan fingerprint density at radius 1 is 0.333 bits per heavy atom. The van der Waals surface area contributed by atoms with Gasteiger partial charge in [0.2, 0.25) is 0 Å². The van der Waals surface area contributed by atoms with Crippen molar-refractivity contribution in [3.05, 3.63) is 36.5 Å². The number of rotatable bonds is 44. The van der Waals surface area contributed by atoms with Gasteiger partial charge in [-0.2, -0.15) is 0 Å². The highest BCUT2D eigenvalue weighted by Crippen LogP contribution is 2.14. The van der Waals surface area contributed by atoms with Gasteiger partial charge in [-0.1, -0.05) is 179 Å². The van der Waals surface area contributed by atoms with Crippen molar-refractivity contribution in [3.63, 3.8) is 0 Å². The third-order valence-corrected chi connectivity index (χ3v) is 10.6. The van der Waals surface area contributed by atoms with E-state index in [1.54, 1.807) is 0 Å². The molecular weight excluding hydrogens is 709 g/mol. The number of ether oxygens (including phenoxy) is 3. The number of hydrogen-bond acceptors (Lipinski definition) is 6. The van der Waals surface area contributed by atoms with Crippen LogP contribution in [0.25, 0.3) is 0 Å². The molecule has 0 aromatic heterocycles. The lowest BCUT2D eigenvalue weighted by molar-refractivity contribution is -0.167. The number of unbranched alkanes of at least 4 members (excludes halogenated alkanes) is 27. The molecular formula is C51H92O6. The van der Waals surface area contributed by atoms with Gasteiger partial charge in [0.05, 0.1) is 0 Å². The first-order chi connectivity index (χ1) is 28.0. The van der Waals surface area contributed by atoms with E-state index >= 15 is 0 Å². The molecule has 6 heteroatoms. The number of carbonyl (C=O) groups is 3. The Balaban J connectivity index is 4.32. The largest absolute Gasteiger partial charge is 0.462 e. The van der Waals surface area contributed by atoms with Crippen molar-refractivity contribution < 1.29 is 28.6 Å². The molecule has 332 valence electrons. The van der Waals surface area contributed by atoms with E-state index in [0.29, 0.717) is 19.3 Å². The quantitative estimate of drug-likeness (QED) is 0.0264. The Bertz CT molecular complexity index is 969. The zero-order valence-electron chi connectivity index (χ0n) is 37.9. The highest BCUT2D eigenvalue weighted by atomic mass is 16.6. The monoisotopic (exact) mass is 801 g/mol. The van der Waals surface area contributed by atoms with Gasteiger partial charge in [-0.15, -0.1) is 0 Å². The second-order valence-electron chi connectivity index (χ2n) is 16.4. The van der Waals surface area contributed by atoms with Gasteiger partial charge in [0.25, 0.3) is 0 Å². The Labute approximate surface area is 353 Å². The average molecular weight is 801 g/mol. The van der Waals surface area contributed by atoms with Crippen LogP contribution in [-0.2, 0) is 28.6 Å². The van der Waals surface area contributed by atoms with E-state index in [4.69, 9.17) is 14.2 Å². The summed E-state index contributed by atoms with van der Waals surface area (Å²) in [6.45, 7) is 6.54. The molecule has 0 saturated carbocycles. The summed E-state index contributed by atoms with van der Waals surface area (Å²) in [4.78, 5) is 37.7. The van der Waals surface area contributed by atoms with Gasteiger partial charge in [0.15, 0.2) is 6.10 Å². The second kappa shape index (κ2) is 46.3. The van der Waals surface area contributed by atoms with Gasteiger partial charge in [-0.3, -0.25) is 14.4 Å². The average Bonchev–Trinajstić information content (AvgIpc) is 3.21. The standard InChI is InChI=1S/C51H92O6/c1-4-7-10-13-16-19-21-23-24-25-26-27-28-30-32-35-38-41-44-50(53)56-47-48(46-55-49(52)43-40-37-34-31-18-15-12-9-6-3)57-51(54)45-42-39-36-33-29-22-20-17-14-11-8-5-2/h17,20,26-27,31,34,48H,4-16,18-19,21-25,28-30,32-33,35-47H2,1-3H3/b20-17-,27-26-,34-31-. The smallest absolute Gasteiger partial charge is 0.306 e. The zero-order chi connectivity index (χ0) is 41.5. The highest BCUT2D eigenvalue weighted by molar-refractivity contribution is 5.71. The molecule has 0 bridgehead atoms. The Kier molecular flexibility index (Phi) is 44.4. The molecule has 0 N–H and O–H groups in total. The molecule has 0 radical (unpaired) electrons. The SMILES string of the molecule is CCCCC/C=C\CCCCCCCC(=O)OC(COC(=O)CCC/C=C\CCCCCC)COC(=O)CCCCCCC/C=C\CCCCCCCCCCC. The van der Waals surface area contributed by atoms with E-state index in [9.17, 15) is 14.4 Å². The van der Waals surface area contributed by atoms with Crippen LogP contribution >= 0.6 is 0 Å². The number of carbonyl (C=O) groups excluding carboxylic acids is 3. The summed E-state index contributed by atoms with van der Waals surface area (Å²) < 4.78 is 16.7. The lowest BCUT2D eigenvalue weighted by Gasteiger charge is -2.18. The molecule has 0 aliphatic heterocycles. The summed E-state index contributed by atoms with van der Waals surface area (Å²) in [5.74, 6) is -0.938. The van der Waals surface area contributed by atoms with Gasteiger partial charge in [0, 0.05) is 19.3 Å². The summed E-state index contributed by atoms with van der Waals surface area (Å²) in [7, 11) is 0. The third-order valence-electron chi connectivity index (χ3n) is 10.6. The molecule has 0 aliphatic carbocycles. The first-order valence-corrected chi connectivity index (χ1v) is 24.5. The molecule has 6 nitrogen and oxygen atoms in total. The molecule has 1 atom stereocenters. The minimum atomic E-state index is -0.786. The van der Waals surface area contributed by atoms with Crippen LogP contribution in [0.1, 0.15) is 252 Å². The second-order valence-corrected chi connectivity index (χ2v) is 16.4. The summed E-state index contributed by atoms with van der Waals surface area (Å²) in [5, 5.41) is 0. The van der Waals surface area contributed by atoms with E-state index in [1.807, 2.05) is 0 Å². The maximum atomic E-state index is 12.7. The van der Waals surface area contributed by atoms with Crippen LogP contribution in [-0.4, -0.2) is 37.2 Å². The fraction of sp³-hybridized carbons (Fsp3) is 0.824. The number of allylic oxidation sites excluding steroid dienone is 6. The molecule has 0 heterocycles. The van der Waals surface area contributed by atoms with Gasteiger partial charge in [0.1, 0.15) is 13.2 Å². The molecule has 0 amide bonds. The fourth-order valence-corrected chi connectivity index (χ4v) is 6.85. The molecule has 0 aliphatic rings. The minimum Gasteiger partial charge on any atom is -0.462 e. The van der Waals surface area contributed by atoms with E-state index < -0.39 is 6.10 Å².